The lowest BCUT2D eigenvalue weighted by atomic mass is 9.41. The summed E-state index contributed by atoms with van der Waals surface area (Å²) in [7, 11) is -1.84. The molecule has 0 N–H and O–H groups in total. The Kier molecular flexibility index (Phi) is 3.28. The zero-order chi connectivity index (χ0) is 21.9. The first kappa shape index (κ1) is 20.1. The van der Waals surface area contributed by atoms with Crippen LogP contribution in [0.2, 0.25) is 18.1 Å². The molecule has 0 unspecified atom stereocenters. The molecule has 7 aliphatic rings. The number of fused-ring (bicyclic) bond motifs is 3. The third kappa shape index (κ3) is 1.77. The van der Waals surface area contributed by atoms with Crippen LogP contribution in [0.25, 0.3) is 0 Å². The van der Waals surface area contributed by atoms with Crippen molar-refractivity contribution in [2.45, 2.75) is 104 Å². The number of ketones is 2. The molecule has 7 fully saturated rings. The summed E-state index contributed by atoms with van der Waals surface area (Å²) >= 11 is 0. The Balaban J connectivity index is 1.35. The van der Waals surface area contributed by atoms with E-state index in [4.69, 9.17) is 4.43 Å². The minimum Gasteiger partial charge on any atom is -0.411 e. The van der Waals surface area contributed by atoms with Crippen molar-refractivity contribution in [3.05, 3.63) is 0 Å². The van der Waals surface area contributed by atoms with Gasteiger partial charge in [0.2, 0.25) is 0 Å². The van der Waals surface area contributed by atoms with Gasteiger partial charge in [0.15, 0.2) is 19.9 Å². The van der Waals surface area contributed by atoms with Gasteiger partial charge in [0.05, 0.1) is 11.0 Å². The number of Topliss-reactive ketones (excluding diaryl/α,β-unsaturated/α-hetero) is 2. The molecule has 4 bridgehead atoms. The fourth-order valence-corrected chi connectivity index (χ4v) is 11.4. The Bertz CT molecular complexity index is 902. The van der Waals surface area contributed by atoms with Gasteiger partial charge in [-0.2, -0.15) is 0 Å². The molecule has 0 saturated heterocycles. The molecule has 0 radical (unpaired) electrons. The highest BCUT2D eigenvalue weighted by molar-refractivity contribution is 6.74. The van der Waals surface area contributed by atoms with Crippen LogP contribution in [0.15, 0.2) is 0 Å². The predicted molar refractivity (Wildman–Crippen MR) is 119 cm³/mol. The number of hydrogen-bond donors (Lipinski definition) is 0. The van der Waals surface area contributed by atoms with Gasteiger partial charge in [-0.05, 0) is 79.8 Å². The highest BCUT2D eigenvalue weighted by Crippen LogP contribution is 2.85. The van der Waals surface area contributed by atoms with Gasteiger partial charge in [-0.1, -0.05) is 41.5 Å². The molecule has 7 rings (SSSR count). The maximum atomic E-state index is 13.6. The molecule has 7 aliphatic carbocycles. The summed E-state index contributed by atoms with van der Waals surface area (Å²) < 4.78 is 7.17. The standard InChI is InChI=1S/C26H40O3Si/c1-21(2,3)30(7,8)29-25-12-11-22(4)16(23(25,5)14-25)9-10-26-17(22)13-15-18(19(26)27)24(15,6)20(26)28/h15-18H,9-14H2,1-8H3/t15-,16+,17+,18+,22-,23-,24+,25+,26+/m0/s1. The molecular formula is C26H40O3Si. The topological polar surface area (TPSA) is 43.4 Å². The van der Waals surface area contributed by atoms with Crippen molar-refractivity contribution < 1.29 is 14.0 Å². The lowest BCUT2D eigenvalue weighted by Crippen LogP contribution is -2.63. The zero-order valence-electron chi connectivity index (χ0n) is 20.3. The van der Waals surface area contributed by atoms with E-state index in [-0.39, 0.29) is 38.7 Å². The van der Waals surface area contributed by atoms with E-state index in [1.54, 1.807) is 0 Å². The average Bonchev–Trinajstić information content (AvgIpc) is 3.42. The Hall–Kier alpha value is -0.483. The summed E-state index contributed by atoms with van der Waals surface area (Å²) in [4.78, 5) is 27.1. The molecule has 4 heteroatoms. The Labute approximate surface area is 183 Å². The van der Waals surface area contributed by atoms with E-state index < -0.39 is 13.7 Å². The van der Waals surface area contributed by atoms with Crippen LogP contribution in [0.3, 0.4) is 0 Å². The normalized spacial score (nSPS) is 58.1. The second-order valence-electron chi connectivity index (χ2n) is 14.4. The Morgan fingerprint density at radius 3 is 2.23 bits per heavy atom. The fourth-order valence-electron chi connectivity index (χ4n) is 9.67. The van der Waals surface area contributed by atoms with Gasteiger partial charge in [-0.15, -0.1) is 0 Å². The van der Waals surface area contributed by atoms with Crippen molar-refractivity contribution in [1.29, 1.82) is 0 Å². The third-order valence-electron chi connectivity index (χ3n) is 12.5. The van der Waals surface area contributed by atoms with Crippen molar-refractivity contribution >= 4 is 19.9 Å². The molecule has 3 nitrogen and oxygen atoms in total. The van der Waals surface area contributed by atoms with Crippen LogP contribution in [-0.4, -0.2) is 25.5 Å². The van der Waals surface area contributed by atoms with Crippen LogP contribution in [0.4, 0.5) is 0 Å². The second-order valence-corrected chi connectivity index (χ2v) is 19.1. The Morgan fingerprint density at radius 2 is 1.67 bits per heavy atom. The van der Waals surface area contributed by atoms with Crippen LogP contribution < -0.4 is 0 Å². The molecule has 0 aromatic carbocycles. The molecule has 30 heavy (non-hydrogen) atoms. The molecule has 1 spiro atoms. The molecule has 0 aromatic heterocycles. The monoisotopic (exact) mass is 428 g/mol. The van der Waals surface area contributed by atoms with Crippen LogP contribution in [0, 0.1) is 45.3 Å². The first-order valence-electron chi connectivity index (χ1n) is 12.4. The number of rotatable bonds is 2. The Morgan fingerprint density at radius 1 is 1.00 bits per heavy atom. The quantitative estimate of drug-likeness (QED) is 0.414. The number of carbonyl (C=O) groups excluding carboxylic acids is 2. The summed E-state index contributed by atoms with van der Waals surface area (Å²) in [5.74, 6) is 1.99. The summed E-state index contributed by atoms with van der Waals surface area (Å²) in [6, 6.07) is 0. The van der Waals surface area contributed by atoms with Gasteiger partial charge in [-0.3, -0.25) is 9.59 Å². The lowest BCUT2D eigenvalue weighted by Gasteiger charge is -2.62. The highest BCUT2D eigenvalue weighted by atomic mass is 28.4. The van der Waals surface area contributed by atoms with Crippen LogP contribution in [0.5, 0.6) is 0 Å². The zero-order valence-corrected chi connectivity index (χ0v) is 21.3. The van der Waals surface area contributed by atoms with E-state index in [0.717, 1.165) is 32.1 Å². The summed E-state index contributed by atoms with van der Waals surface area (Å²) in [5, 5.41) is 0.224. The van der Waals surface area contributed by atoms with E-state index in [0.29, 0.717) is 23.4 Å². The van der Waals surface area contributed by atoms with Gasteiger partial charge < -0.3 is 4.43 Å². The van der Waals surface area contributed by atoms with Gasteiger partial charge in [0, 0.05) is 16.7 Å². The van der Waals surface area contributed by atoms with Gasteiger partial charge in [0.25, 0.3) is 0 Å². The molecule has 0 heterocycles. The van der Waals surface area contributed by atoms with Crippen molar-refractivity contribution in [1.82, 2.24) is 0 Å². The maximum Gasteiger partial charge on any atom is 0.192 e. The number of carbonyl (C=O) groups is 2. The van der Waals surface area contributed by atoms with Crippen molar-refractivity contribution in [3.63, 3.8) is 0 Å². The van der Waals surface area contributed by atoms with E-state index in [1.807, 2.05) is 0 Å². The van der Waals surface area contributed by atoms with Gasteiger partial charge in [-0.25, -0.2) is 0 Å². The molecule has 0 aliphatic heterocycles. The van der Waals surface area contributed by atoms with Gasteiger partial charge >= 0.3 is 0 Å². The van der Waals surface area contributed by atoms with Crippen LogP contribution in [0.1, 0.15) is 80.1 Å². The first-order chi connectivity index (χ1) is 13.6. The molecule has 7 saturated carbocycles. The fraction of sp³-hybridized carbons (Fsp3) is 0.923. The van der Waals surface area contributed by atoms with E-state index in [9.17, 15) is 9.59 Å². The largest absolute Gasteiger partial charge is 0.411 e. The van der Waals surface area contributed by atoms with E-state index in [1.165, 1.54) is 6.42 Å². The van der Waals surface area contributed by atoms with E-state index in [2.05, 4.69) is 54.6 Å². The minimum atomic E-state index is -1.84. The molecule has 0 amide bonds. The van der Waals surface area contributed by atoms with Crippen LogP contribution in [-0.2, 0) is 14.0 Å². The molecular weight excluding hydrogens is 388 g/mol. The second kappa shape index (κ2) is 4.88. The van der Waals surface area contributed by atoms with Crippen molar-refractivity contribution in [3.8, 4) is 0 Å². The van der Waals surface area contributed by atoms with Gasteiger partial charge in [0.1, 0.15) is 0 Å². The number of hydrogen-bond acceptors (Lipinski definition) is 3. The molecule has 9 atom stereocenters. The SMILES string of the molecule is CC(C)(C)[Si](C)(C)O[C@@]12CC[C@@]3(C)[C@@H](CC[C@]45C(=O)[C@H]6[C@H](C[C@@H]43)[C@@]6(C)C5=O)[C@]1(C)C2. The van der Waals surface area contributed by atoms with Crippen molar-refractivity contribution in [2.24, 2.45) is 45.3 Å². The summed E-state index contributed by atoms with van der Waals surface area (Å²) in [6.07, 6.45) is 6.40. The highest BCUT2D eigenvalue weighted by Gasteiger charge is 2.89. The lowest BCUT2D eigenvalue weighted by molar-refractivity contribution is -0.178. The summed E-state index contributed by atoms with van der Waals surface area (Å²) in [6.45, 7) is 18.8. The van der Waals surface area contributed by atoms with Crippen LogP contribution >= 0.6 is 0 Å². The first-order valence-corrected chi connectivity index (χ1v) is 15.3. The smallest absolute Gasteiger partial charge is 0.192 e. The van der Waals surface area contributed by atoms with Crippen molar-refractivity contribution in [2.75, 3.05) is 0 Å². The minimum absolute atomic E-state index is 0.0452. The summed E-state index contributed by atoms with van der Waals surface area (Å²) in [5.41, 5.74) is -0.528. The van der Waals surface area contributed by atoms with E-state index >= 15 is 0 Å². The predicted octanol–water partition coefficient (Wildman–Crippen LogP) is 5.78. The third-order valence-corrected chi connectivity index (χ3v) is 17.0. The molecule has 166 valence electrons. The maximum absolute atomic E-state index is 13.6. The molecule has 0 aromatic rings. The average molecular weight is 429 g/mol.